The van der Waals surface area contributed by atoms with Gasteiger partial charge in [-0.2, -0.15) is 0 Å². The van der Waals surface area contributed by atoms with Crippen molar-refractivity contribution in [2.75, 3.05) is 26.7 Å². The van der Waals surface area contributed by atoms with Gasteiger partial charge in [0.05, 0.1) is 12.7 Å². The van der Waals surface area contributed by atoms with Crippen LogP contribution in [-0.2, 0) is 6.54 Å². The van der Waals surface area contributed by atoms with E-state index < -0.39 is 0 Å². The number of H-pyrrole nitrogens is 1. The van der Waals surface area contributed by atoms with Crippen LogP contribution in [0.2, 0.25) is 0 Å². The van der Waals surface area contributed by atoms with E-state index in [4.69, 9.17) is 17.0 Å². The summed E-state index contributed by atoms with van der Waals surface area (Å²) in [4.78, 5) is 17.6. The summed E-state index contributed by atoms with van der Waals surface area (Å²) < 4.78 is 5.69. The number of rotatable bonds is 6. The van der Waals surface area contributed by atoms with Crippen molar-refractivity contribution < 1.29 is 9.53 Å². The van der Waals surface area contributed by atoms with Gasteiger partial charge in [-0.1, -0.05) is 24.4 Å². The van der Waals surface area contributed by atoms with Crippen molar-refractivity contribution in [3.63, 3.8) is 0 Å². The highest BCUT2D eigenvalue weighted by molar-refractivity contribution is 7.71. The molecule has 2 N–H and O–H groups in total. The molecule has 26 heavy (non-hydrogen) atoms. The zero-order valence-corrected chi connectivity index (χ0v) is 15.8. The minimum Gasteiger partial charge on any atom is -0.497 e. The van der Waals surface area contributed by atoms with E-state index >= 15 is 0 Å². The van der Waals surface area contributed by atoms with Crippen molar-refractivity contribution in [2.45, 2.75) is 19.4 Å². The van der Waals surface area contributed by atoms with Crippen LogP contribution in [-0.4, -0.2) is 42.5 Å². The Bertz CT molecular complexity index is 780. The number of likely N-dealkylation sites (tertiary alicyclic amines) is 1. The highest BCUT2D eigenvalue weighted by Gasteiger charge is 2.20. The predicted molar refractivity (Wildman–Crippen MR) is 105 cm³/mol. The van der Waals surface area contributed by atoms with Crippen LogP contribution in [0.3, 0.4) is 0 Å². The largest absolute Gasteiger partial charge is 0.497 e. The molecular weight excluding hydrogens is 346 g/mol. The van der Waals surface area contributed by atoms with E-state index in [0.717, 1.165) is 38.2 Å². The van der Waals surface area contributed by atoms with E-state index in [1.54, 1.807) is 25.4 Å². The number of carbonyl (C=O) groups excluding carboxylic acids is 1. The lowest BCUT2D eigenvalue weighted by atomic mass is 9.96. The minimum absolute atomic E-state index is 0.0903. The van der Waals surface area contributed by atoms with Crippen LogP contribution in [0.15, 0.2) is 42.6 Å². The molecular formula is C20H25N3O2S. The van der Waals surface area contributed by atoms with Gasteiger partial charge < -0.3 is 15.0 Å². The molecule has 0 unspecified atom stereocenters. The van der Waals surface area contributed by atoms with E-state index in [1.165, 1.54) is 5.56 Å². The number of nitrogens with zero attached hydrogens (tertiary/aromatic N) is 1. The zero-order chi connectivity index (χ0) is 18.4. The van der Waals surface area contributed by atoms with Crippen molar-refractivity contribution in [3.05, 3.63) is 58.4 Å². The summed E-state index contributed by atoms with van der Waals surface area (Å²) in [6.45, 7) is 3.77. The third kappa shape index (κ3) is 4.93. The van der Waals surface area contributed by atoms with Crippen LogP contribution < -0.4 is 10.1 Å². The van der Waals surface area contributed by atoms with Gasteiger partial charge in [-0.15, -0.1) is 0 Å². The van der Waals surface area contributed by atoms with Crippen molar-refractivity contribution in [2.24, 2.45) is 5.92 Å². The predicted octanol–water partition coefficient (Wildman–Crippen LogP) is 3.39. The summed E-state index contributed by atoms with van der Waals surface area (Å²) in [6, 6.07) is 11.8. The second-order valence-corrected chi connectivity index (χ2v) is 7.10. The van der Waals surface area contributed by atoms with E-state index in [0.29, 0.717) is 22.7 Å². The van der Waals surface area contributed by atoms with Gasteiger partial charge in [-0.05, 0) is 61.7 Å². The molecule has 5 nitrogen and oxygen atoms in total. The lowest BCUT2D eigenvalue weighted by Crippen LogP contribution is -2.38. The van der Waals surface area contributed by atoms with Crippen LogP contribution in [0.25, 0.3) is 0 Å². The quantitative estimate of drug-likeness (QED) is 0.764. The summed E-state index contributed by atoms with van der Waals surface area (Å²) in [5.74, 6) is 1.32. The number of aromatic nitrogens is 1. The third-order valence-corrected chi connectivity index (χ3v) is 5.22. The minimum atomic E-state index is -0.0903. The van der Waals surface area contributed by atoms with E-state index in [9.17, 15) is 4.79 Å². The van der Waals surface area contributed by atoms with Gasteiger partial charge in [-0.3, -0.25) is 9.69 Å². The van der Waals surface area contributed by atoms with Gasteiger partial charge >= 0.3 is 0 Å². The Morgan fingerprint density at radius 3 is 2.65 bits per heavy atom. The molecule has 0 bridgehead atoms. The fraction of sp³-hybridized carbons (Fsp3) is 0.400. The molecule has 0 saturated carbocycles. The second-order valence-electron chi connectivity index (χ2n) is 6.69. The Morgan fingerprint density at radius 1 is 1.27 bits per heavy atom. The van der Waals surface area contributed by atoms with Crippen molar-refractivity contribution >= 4 is 18.1 Å². The first kappa shape index (κ1) is 18.6. The third-order valence-electron chi connectivity index (χ3n) is 4.89. The van der Waals surface area contributed by atoms with Gasteiger partial charge in [0.1, 0.15) is 10.4 Å². The Labute approximate surface area is 159 Å². The molecule has 1 aliphatic heterocycles. The summed E-state index contributed by atoms with van der Waals surface area (Å²) in [5, 5.41) is 3.03. The molecule has 0 radical (unpaired) electrons. The number of pyridine rings is 1. The average Bonchev–Trinajstić information content (AvgIpc) is 2.68. The highest BCUT2D eigenvalue weighted by atomic mass is 32.1. The molecule has 2 aromatic rings. The number of hydrogen-bond donors (Lipinski definition) is 2. The SMILES string of the molecule is COc1ccc(CN2CCC(CNC(=O)c3ccc[nH]c3=S)CC2)cc1. The number of aromatic amines is 1. The van der Waals surface area contributed by atoms with Gasteiger partial charge in [0.25, 0.3) is 5.91 Å². The molecule has 1 fully saturated rings. The lowest BCUT2D eigenvalue weighted by molar-refractivity contribution is 0.0934. The first-order valence-corrected chi connectivity index (χ1v) is 9.37. The Balaban J connectivity index is 1.43. The molecule has 138 valence electrons. The molecule has 1 aromatic heterocycles. The number of benzene rings is 1. The molecule has 0 atom stereocenters. The first-order valence-electron chi connectivity index (χ1n) is 8.97. The maximum atomic E-state index is 12.2. The molecule has 6 heteroatoms. The average molecular weight is 372 g/mol. The van der Waals surface area contributed by atoms with Crippen LogP contribution >= 0.6 is 12.2 Å². The van der Waals surface area contributed by atoms with Crippen LogP contribution in [0, 0.1) is 10.6 Å². The number of hydrogen-bond acceptors (Lipinski definition) is 4. The van der Waals surface area contributed by atoms with Crippen LogP contribution in [0.4, 0.5) is 0 Å². The fourth-order valence-electron chi connectivity index (χ4n) is 3.27. The number of carbonyl (C=O) groups is 1. The molecule has 3 rings (SSSR count). The summed E-state index contributed by atoms with van der Waals surface area (Å²) in [6.07, 6.45) is 3.92. The van der Waals surface area contributed by atoms with Crippen molar-refractivity contribution in [1.82, 2.24) is 15.2 Å². The summed E-state index contributed by atoms with van der Waals surface area (Å²) in [5.41, 5.74) is 1.84. The molecule has 1 saturated heterocycles. The van der Waals surface area contributed by atoms with Gasteiger partial charge in [0, 0.05) is 19.3 Å². The summed E-state index contributed by atoms with van der Waals surface area (Å²) in [7, 11) is 1.68. The Hall–Kier alpha value is -2.18. The topological polar surface area (TPSA) is 57.4 Å². The molecule has 0 spiro atoms. The Morgan fingerprint density at radius 2 is 2.00 bits per heavy atom. The number of methoxy groups -OCH3 is 1. The Kier molecular flexibility index (Phi) is 6.41. The van der Waals surface area contributed by atoms with Crippen LogP contribution in [0.1, 0.15) is 28.8 Å². The highest BCUT2D eigenvalue weighted by Crippen LogP contribution is 2.20. The molecule has 0 aliphatic carbocycles. The zero-order valence-electron chi connectivity index (χ0n) is 15.0. The monoisotopic (exact) mass is 371 g/mol. The number of piperidine rings is 1. The molecule has 2 heterocycles. The van der Waals surface area contributed by atoms with Crippen molar-refractivity contribution in [3.8, 4) is 5.75 Å². The smallest absolute Gasteiger partial charge is 0.254 e. The van der Waals surface area contributed by atoms with Gasteiger partial charge in [0.15, 0.2) is 0 Å². The van der Waals surface area contributed by atoms with E-state index in [1.807, 2.05) is 12.1 Å². The fourth-order valence-corrected chi connectivity index (χ4v) is 3.50. The standard InChI is InChI=1S/C20H25N3O2S/c1-25-17-6-4-16(5-7-17)14-23-11-8-15(9-12-23)13-22-19(24)18-3-2-10-21-20(18)26/h2-7,10,15H,8-9,11-14H2,1H3,(H,21,26)(H,22,24). The maximum Gasteiger partial charge on any atom is 0.254 e. The van der Waals surface area contributed by atoms with Gasteiger partial charge in [0.2, 0.25) is 0 Å². The normalized spacial score (nSPS) is 15.6. The second kappa shape index (κ2) is 8.96. The van der Waals surface area contributed by atoms with Crippen LogP contribution in [0.5, 0.6) is 5.75 Å². The van der Waals surface area contributed by atoms with Crippen molar-refractivity contribution in [1.29, 1.82) is 0 Å². The summed E-state index contributed by atoms with van der Waals surface area (Å²) >= 11 is 5.16. The maximum absolute atomic E-state index is 12.2. The number of amides is 1. The number of nitrogens with one attached hydrogen (secondary N) is 2. The molecule has 1 aromatic carbocycles. The van der Waals surface area contributed by atoms with E-state index in [-0.39, 0.29) is 5.91 Å². The van der Waals surface area contributed by atoms with Gasteiger partial charge in [-0.25, -0.2) is 0 Å². The number of ether oxygens (including phenoxy) is 1. The molecule has 1 amide bonds. The lowest BCUT2D eigenvalue weighted by Gasteiger charge is -2.32. The first-order chi connectivity index (χ1) is 12.7. The van der Waals surface area contributed by atoms with E-state index in [2.05, 4.69) is 27.3 Å². The molecule has 1 aliphatic rings.